The molecule has 1 aromatic carbocycles. The van der Waals surface area contributed by atoms with Crippen LogP contribution in [0.15, 0.2) is 61.2 Å². The lowest BCUT2D eigenvalue weighted by atomic mass is 10.1. The number of ether oxygens (including phenoxy) is 2. The molecule has 1 amide bonds. The zero-order chi connectivity index (χ0) is 20.1. The third-order valence-corrected chi connectivity index (χ3v) is 4.55. The molecule has 1 fully saturated rings. The van der Waals surface area contributed by atoms with Gasteiger partial charge in [-0.15, -0.1) is 0 Å². The van der Waals surface area contributed by atoms with Gasteiger partial charge in [-0.1, -0.05) is 6.07 Å². The number of nitrogens with zero attached hydrogens (tertiary/aromatic N) is 4. The normalized spacial score (nSPS) is 16.4. The van der Waals surface area contributed by atoms with Crippen LogP contribution in [0.25, 0.3) is 11.3 Å². The Bertz CT molecular complexity index is 969. The number of morpholine rings is 1. The number of hydrogen-bond donors (Lipinski definition) is 0. The molecular formula is C21H19FN4O3. The van der Waals surface area contributed by atoms with Gasteiger partial charge in [0, 0.05) is 24.5 Å². The monoisotopic (exact) mass is 394 g/mol. The molecule has 1 saturated heterocycles. The van der Waals surface area contributed by atoms with E-state index in [1.54, 1.807) is 17.3 Å². The highest BCUT2D eigenvalue weighted by Crippen LogP contribution is 2.24. The molecular weight excluding hydrogens is 375 g/mol. The summed E-state index contributed by atoms with van der Waals surface area (Å²) in [5.41, 5.74) is 2.30. The Kier molecular flexibility index (Phi) is 5.71. The van der Waals surface area contributed by atoms with Crippen molar-refractivity contribution in [2.75, 3.05) is 26.3 Å². The fourth-order valence-electron chi connectivity index (χ4n) is 3.04. The van der Waals surface area contributed by atoms with E-state index in [-0.39, 0.29) is 24.4 Å². The van der Waals surface area contributed by atoms with Crippen molar-refractivity contribution in [3.05, 3.63) is 72.7 Å². The van der Waals surface area contributed by atoms with Gasteiger partial charge in [0.25, 0.3) is 5.91 Å². The summed E-state index contributed by atoms with van der Waals surface area (Å²) in [6.07, 6.45) is 4.53. The molecule has 148 valence electrons. The molecule has 1 aliphatic rings. The largest absolute Gasteiger partial charge is 0.484 e. The summed E-state index contributed by atoms with van der Waals surface area (Å²) in [6.45, 7) is 1.15. The first kappa shape index (κ1) is 18.9. The summed E-state index contributed by atoms with van der Waals surface area (Å²) in [6, 6.07) is 11.2. The van der Waals surface area contributed by atoms with Crippen molar-refractivity contribution in [2.45, 2.75) is 6.10 Å². The van der Waals surface area contributed by atoms with Gasteiger partial charge in [0.15, 0.2) is 6.61 Å². The third kappa shape index (κ3) is 4.72. The fourth-order valence-corrected chi connectivity index (χ4v) is 3.04. The molecule has 29 heavy (non-hydrogen) atoms. The summed E-state index contributed by atoms with van der Waals surface area (Å²) in [7, 11) is 0. The molecule has 0 unspecified atom stereocenters. The Morgan fingerprint density at radius 3 is 2.76 bits per heavy atom. The maximum Gasteiger partial charge on any atom is 0.260 e. The number of benzene rings is 1. The molecule has 4 rings (SSSR count). The highest BCUT2D eigenvalue weighted by molar-refractivity contribution is 5.78. The molecule has 7 nitrogen and oxygen atoms in total. The van der Waals surface area contributed by atoms with Crippen LogP contribution >= 0.6 is 0 Å². The Labute approximate surface area is 167 Å². The predicted molar refractivity (Wildman–Crippen MR) is 102 cm³/mol. The molecule has 3 heterocycles. The Hall–Kier alpha value is -3.39. The van der Waals surface area contributed by atoms with Gasteiger partial charge in [-0.05, 0) is 36.4 Å². The highest BCUT2D eigenvalue weighted by Gasteiger charge is 2.26. The Balaban J connectivity index is 1.40. The molecule has 0 N–H and O–H groups in total. The first-order chi connectivity index (χ1) is 14.2. The Morgan fingerprint density at radius 1 is 1.17 bits per heavy atom. The maximum atomic E-state index is 13.0. The summed E-state index contributed by atoms with van der Waals surface area (Å²) < 4.78 is 24.3. The van der Waals surface area contributed by atoms with E-state index in [2.05, 4.69) is 15.0 Å². The van der Waals surface area contributed by atoms with Crippen LogP contribution in [0.4, 0.5) is 4.39 Å². The first-order valence-corrected chi connectivity index (χ1v) is 9.19. The second-order valence-corrected chi connectivity index (χ2v) is 6.52. The van der Waals surface area contributed by atoms with Gasteiger partial charge in [0.1, 0.15) is 24.0 Å². The molecule has 0 spiro atoms. The van der Waals surface area contributed by atoms with Crippen LogP contribution in [0.3, 0.4) is 0 Å². The number of halogens is 1. The van der Waals surface area contributed by atoms with Gasteiger partial charge in [0.05, 0.1) is 24.5 Å². The van der Waals surface area contributed by atoms with Crippen LogP contribution in [0.1, 0.15) is 11.8 Å². The lowest BCUT2D eigenvalue weighted by Crippen LogP contribution is -2.44. The van der Waals surface area contributed by atoms with Crippen molar-refractivity contribution in [1.29, 1.82) is 0 Å². The van der Waals surface area contributed by atoms with E-state index in [0.29, 0.717) is 25.4 Å². The average Bonchev–Trinajstić information content (AvgIpc) is 2.79. The molecule has 0 radical (unpaired) electrons. The zero-order valence-corrected chi connectivity index (χ0v) is 15.6. The lowest BCUT2D eigenvalue weighted by Gasteiger charge is -2.32. The number of hydrogen-bond acceptors (Lipinski definition) is 6. The molecule has 0 aliphatic carbocycles. The molecule has 3 aromatic rings. The van der Waals surface area contributed by atoms with Gasteiger partial charge >= 0.3 is 0 Å². The molecule has 1 aliphatic heterocycles. The lowest BCUT2D eigenvalue weighted by molar-refractivity contribution is -0.141. The number of carbonyl (C=O) groups excluding carboxylic acids is 1. The number of rotatable bonds is 5. The van der Waals surface area contributed by atoms with E-state index < -0.39 is 0 Å². The zero-order valence-electron chi connectivity index (χ0n) is 15.6. The third-order valence-electron chi connectivity index (χ3n) is 4.55. The highest BCUT2D eigenvalue weighted by atomic mass is 19.1. The molecule has 0 saturated carbocycles. The number of pyridine rings is 1. The van der Waals surface area contributed by atoms with Gasteiger partial charge in [-0.3, -0.25) is 4.79 Å². The smallest absolute Gasteiger partial charge is 0.260 e. The summed E-state index contributed by atoms with van der Waals surface area (Å²) in [4.78, 5) is 26.9. The van der Waals surface area contributed by atoms with Crippen molar-refractivity contribution in [2.24, 2.45) is 0 Å². The van der Waals surface area contributed by atoms with Crippen molar-refractivity contribution >= 4 is 5.91 Å². The van der Waals surface area contributed by atoms with Crippen molar-refractivity contribution in [3.8, 4) is 17.0 Å². The van der Waals surface area contributed by atoms with Crippen molar-refractivity contribution in [1.82, 2.24) is 19.9 Å². The van der Waals surface area contributed by atoms with Crippen molar-refractivity contribution in [3.63, 3.8) is 0 Å². The van der Waals surface area contributed by atoms with Gasteiger partial charge in [-0.25, -0.2) is 19.3 Å². The van der Waals surface area contributed by atoms with Crippen LogP contribution < -0.4 is 4.74 Å². The maximum absolute atomic E-state index is 13.0. The van der Waals surface area contributed by atoms with E-state index >= 15 is 0 Å². The van der Waals surface area contributed by atoms with E-state index in [4.69, 9.17) is 9.47 Å². The predicted octanol–water partition coefficient (Wildman–Crippen LogP) is 2.66. The summed E-state index contributed by atoms with van der Waals surface area (Å²) >= 11 is 0. The molecule has 2 aromatic heterocycles. The molecule has 1 atom stereocenters. The van der Waals surface area contributed by atoms with Crippen LogP contribution in [-0.4, -0.2) is 52.1 Å². The van der Waals surface area contributed by atoms with E-state index in [1.807, 2.05) is 18.2 Å². The van der Waals surface area contributed by atoms with Crippen LogP contribution in [0, 0.1) is 5.82 Å². The van der Waals surface area contributed by atoms with Gasteiger partial charge < -0.3 is 14.4 Å². The number of amides is 1. The topological polar surface area (TPSA) is 77.4 Å². The second-order valence-electron chi connectivity index (χ2n) is 6.52. The number of carbonyl (C=O) groups is 1. The fraction of sp³-hybridized carbons (Fsp3) is 0.238. The van der Waals surface area contributed by atoms with Gasteiger partial charge in [-0.2, -0.15) is 0 Å². The minimum atomic E-state index is -0.350. The van der Waals surface area contributed by atoms with E-state index in [0.717, 1.165) is 17.0 Å². The molecule has 0 bridgehead atoms. The summed E-state index contributed by atoms with van der Waals surface area (Å²) in [5, 5.41) is 0. The van der Waals surface area contributed by atoms with Crippen LogP contribution in [-0.2, 0) is 9.53 Å². The standard InChI is InChI=1S/C21H19FN4O3/c22-16-4-6-17(7-5-16)29-13-21(27)26-8-9-28-20(12-26)19-3-1-2-18(25-19)15-10-23-14-24-11-15/h1-7,10-11,14,20H,8-9,12-13H2/t20-/m0/s1. The summed E-state index contributed by atoms with van der Waals surface area (Å²) in [5.74, 6) is -0.0595. The van der Waals surface area contributed by atoms with E-state index in [1.165, 1.54) is 30.6 Å². The Morgan fingerprint density at radius 2 is 1.97 bits per heavy atom. The van der Waals surface area contributed by atoms with Crippen LogP contribution in [0.2, 0.25) is 0 Å². The second kappa shape index (κ2) is 8.74. The van der Waals surface area contributed by atoms with Crippen LogP contribution in [0.5, 0.6) is 5.75 Å². The quantitative estimate of drug-likeness (QED) is 0.662. The average molecular weight is 394 g/mol. The van der Waals surface area contributed by atoms with Gasteiger partial charge in [0.2, 0.25) is 0 Å². The SMILES string of the molecule is O=C(COc1ccc(F)cc1)N1CCO[C@H](c2cccc(-c3cncnc3)n2)C1. The molecule has 8 heteroatoms. The minimum Gasteiger partial charge on any atom is -0.484 e. The van der Waals surface area contributed by atoms with E-state index in [9.17, 15) is 9.18 Å². The van der Waals surface area contributed by atoms with Crippen molar-refractivity contribution < 1.29 is 18.7 Å². The number of aromatic nitrogens is 3. The minimum absolute atomic E-state index is 0.118. The first-order valence-electron chi connectivity index (χ1n) is 9.19.